The number of phenols is 1. The fourth-order valence-electron chi connectivity index (χ4n) is 2.50. The zero-order valence-electron chi connectivity index (χ0n) is 12.9. The lowest BCUT2D eigenvalue weighted by atomic mass is 10.1. The molecule has 0 bridgehead atoms. The van der Waals surface area contributed by atoms with Crippen molar-refractivity contribution >= 4 is 28.4 Å². The van der Waals surface area contributed by atoms with Crippen LogP contribution in [0.3, 0.4) is 0 Å². The van der Waals surface area contributed by atoms with Crippen LogP contribution in [0.2, 0.25) is 0 Å². The minimum atomic E-state index is -0.764. The summed E-state index contributed by atoms with van der Waals surface area (Å²) >= 11 is 0. The highest BCUT2D eigenvalue weighted by molar-refractivity contribution is 6.39. The van der Waals surface area contributed by atoms with Crippen LogP contribution in [0.15, 0.2) is 54.7 Å². The number of H-pyrrole nitrogens is 1. The van der Waals surface area contributed by atoms with Crippen molar-refractivity contribution in [3.8, 4) is 5.75 Å². The van der Waals surface area contributed by atoms with Gasteiger partial charge in [0.1, 0.15) is 5.75 Å². The molecule has 0 unspecified atom stereocenters. The molecule has 0 radical (unpaired) electrons. The Balaban J connectivity index is 1.53. The Morgan fingerprint density at radius 1 is 1.04 bits per heavy atom. The van der Waals surface area contributed by atoms with Gasteiger partial charge in [0, 0.05) is 35.4 Å². The Morgan fingerprint density at radius 3 is 2.71 bits per heavy atom. The number of benzene rings is 2. The number of aromatic hydroxyl groups is 1. The summed E-state index contributed by atoms with van der Waals surface area (Å²) in [5, 5.41) is 15.5. The number of amides is 2. The number of nitrogens with one attached hydrogen (secondary N) is 3. The third-order valence-electron chi connectivity index (χ3n) is 3.67. The van der Waals surface area contributed by atoms with E-state index in [2.05, 4.69) is 15.6 Å². The zero-order valence-corrected chi connectivity index (χ0v) is 12.9. The standard InChI is InChI=1S/C18H17N3O3/c22-14-5-3-4-13(10-14)21-18(24)17(23)19-9-8-12-11-20-16-7-2-1-6-15(12)16/h1-7,10-11,20,22H,8-9H2,(H,19,23)(H,21,24). The number of anilines is 1. The van der Waals surface area contributed by atoms with E-state index in [0.29, 0.717) is 18.7 Å². The minimum absolute atomic E-state index is 0.0209. The van der Waals surface area contributed by atoms with E-state index in [-0.39, 0.29) is 5.75 Å². The highest BCUT2D eigenvalue weighted by Gasteiger charge is 2.13. The zero-order chi connectivity index (χ0) is 16.9. The van der Waals surface area contributed by atoms with E-state index in [0.717, 1.165) is 16.5 Å². The van der Waals surface area contributed by atoms with Crippen molar-refractivity contribution in [2.75, 3.05) is 11.9 Å². The summed E-state index contributed by atoms with van der Waals surface area (Å²) in [6.07, 6.45) is 2.53. The van der Waals surface area contributed by atoms with Gasteiger partial charge in [0.2, 0.25) is 0 Å². The largest absolute Gasteiger partial charge is 0.508 e. The van der Waals surface area contributed by atoms with Crippen LogP contribution in [-0.2, 0) is 16.0 Å². The van der Waals surface area contributed by atoms with Crippen molar-refractivity contribution in [1.29, 1.82) is 0 Å². The molecule has 6 nitrogen and oxygen atoms in total. The van der Waals surface area contributed by atoms with Crippen molar-refractivity contribution in [1.82, 2.24) is 10.3 Å². The van der Waals surface area contributed by atoms with Gasteiger partial charge in [0.15, 0.2) is 0 Å². The molecule has 0 saturated heterocycles. The Labute approximate surface area is 138 Å². The monoisotopic (exact) mass is 323 g/mol. The lowest BCUT2D eigenvalue weighted by Crippen LogP contribution is -2.36. The van der Waals surface area contributed by atoms with Crippen LogP contribution in [0, 0.1) is 0 Å². The van der Waals surface area contributed by atoms with Crippen LogP contribution in [0.5, 0.6) is 5.75 Å². The topological polar surface area (TPSA) is 94.2 Å². The number of carbonyl (C=O) groups is 2. The van der Waals surface area contributed by atoms with E-state index in [1.165, 1.54) is 12.1 Å². The molecule has 2 aromatic carbocycles. The summed E-state index contributed by atoms with van der Waals surface area (Å²) < 4.78 is 0. The van der Waals surface area contributed by atoms with Gasteiger partial charge >= 0.3 is 11.8 Å². The maximum atomic E-state index is 11.8. The normalized spacial score (nSPS) is 10.5. The molecule has 6 heteroatoms. The molecule has 122 valence electrons. The number of fused-ring (bicyclic) bond motifs is 1. The second kappa shape index (κ2) is 6.87. The summed E-state index contributed by atoms with van der Waals surface area (Å²) in [6, 6.07) is 13.9. The highest BCUT2D eigenvalue weighted by atomic mass is 16.3. The molecule has 24 heavy (non-hydrogen) atoms. The van der Waals surface area contributed by atoms with Gasteiger partial charge in [-0.25, -0.2) is 0 Å². The van der Waals surface area contributed by atoms with Crippen molar-refractivity contribution in [2.45, 2.75) is 6.42 Å². The Bertz CT molecular complexity index is 886. The molecule has 0 aliphatic rings. The van der Waals surface area contributed by atoms with Crippen LogP contribution in [0.4, 0.5) is 5.69 Å². The number of aromatic nitrogens is 1. The number of rotatable bonds is 4. The summed E-state index contributed by atoms with van der Waals surface area (Å²) in [7, 11) is 0. The smallest absolute Gasteiger partial charge is 0.313 e. The highest BCUT2D eigenvalue weighted by Crippen LogP contribution is 2.17. The summed E-state index contributed by atoms with van der Waals surface area (Å²) in [6.45, 7) is 0.355. The van der Waals surface area contributed by atoms with E-state index in [4.69, 9.17) is 0 Å². The van der Waals surface area contributed by atoms with E-state index < -0.39 is 11.8 Å². The molecule has 0 atom stereocenters. The molecule has 1 heterocycles. The maximum Gasteiger partial charge on any atom is 0.313 e. The first-order valence-corrected chi connectivity index (χ1v) is 7.57. The van der Waals surface area contributed by atoms with Crippen LogP contribution in [-0.4, -0.2) is 28.4 Å². The van der Waals surface area contributed by atoms with Crippen LogP contribution in [0.1, 0.15) is 5.56 Å². The van der Waals surface area contributed by atoms with Crippen LogP contribution >= 0.6 is 0 Å². The van der Waals surface area contributed by atoms with E-state index in [1.807, 2.05) is 30.5 Å². The van der Waals surface area contributed by atoms with Crippen molar-refractivity contribution < 1.29 is 14.7 Å². The lowest BCUT2D eigenvalue weighted by molar-refractivity contribution is -0.136. The average molecular weight is 323 g/mol. The third-order valence-corrected chi connectivity index (χ3v) is 3.67. The van der Waals surface area contributed by atoms with Gasteiger partial charge in [-0.2, -0.15) is 0 Å². The number of para-hydroxylation sites is 1. The number of hydrogen-bond acceptors (Lipinski definition) is 3. The molecule has 0 aliphatic heterocycles. The average Bonchev–Trinajstić information content (AvgIpc) is 2.98. The number of carbonyl (C=O) groups excluding carboxylic acids is 2. The van der Waals surface area contributed by atoms with Crippen LogP contribution < -0.4 is 10.6 Å². The third kappa shape index (κ3) is 3.55. The molecule has 2 amide bonds. The Kier molecular flexibility index (Phi) is 4.47. The predicted octanol–water partition coefficient (Wildman–Crippen LogP) is 2.17. The van der Waals surface area contributed by atoms with E-state index in [9.17, 15) is 14.7 Å². The van der Waals surface area contributed by atoms with Crippen molar-refractivity contribution in [3.63, 3.8) is 0 Å². The molecule has 3 rings (SSSR count). The molecular weight excluding hydrogens is 306 g/mol. The van der Waals surface area contributed by atoms with Gasteiger partial charge in [-0.15, -0.1) is 0 Å². The first-order valence-electron chi connectivity index (χ1n) is 7.57. The fraction of sp³-hybridized carbons (Fsp3) is 0.111. The maximum absolute atomic E-state index is 11.8. The molecule has 1 aromatic heterocycles. The molecule has 0 saturated carbocycles. The first kappa shape index (κ1) is 15.6. The van der Waals surface area contributed by atoms with Gasteiger partial charge in [-0.3, -0.25) is 9.59 Å². The van der Waals surface area contributed by atoms with Gasteiger partial charge in [0.25, 0.3) is 0 Å². The summed E-state index contributed by atoms with van der Waals surface area (Å²) in [5.74, 6) is -1.45. The Morgan fingerprint density at radius 2 is 1.88 bits per heavy atom. The van der Waals surface area contributed by atoms with Gasteiger partial charge in [-0.1, -0.05) is 24.3 Å². The second-order valence-corrected chi connectivity index (χ2v) is 5.37. The predicted molar refractivity (Wildman–Crippen MR) is 91.7 cm³/mol. The SMILES string of the molecule is O=C(NCCc1c[nH]c2ccccc12)C(=O)Nc1cccc(O)c1. The number of aromatic amines is 1. The van der Waals surface area contributed by atoms with Gasteiger partial charge in [-0.05, 0) is 30.2 Å². The van der Waals surface area contributed by atoms with Crippen LogP contribution in [0.25, 0.3) is 10.9 Å². The summed E-state index contributed by atoms with van der Waals surface area (Å²) in [4.78, 5) is 26.8. The lowest BCUT2D eigenvalue weighted by Gasteiger charge is -2.06. The molecule has 0 fully saturated rings. The minimum Gasteiger partial charge on any atom is -0.508 e. The van der Waals surface area contributed by atoms with Gasteiger partial charge < -0.3 is 20.7 Å². The van der Waals surface area contributed by atoms with E-state index in [1.54, 1.807) is 12.1 Å². The first-order chi connectivity index (χ1) is 11.6. The molecule has 4 N–H and O–H groups in total. The molecule has 0 spiro atoms. The second-order valence-electron chi connectivity index (χ2n) is 5.37. The van der Waals surface area contributed by atoms with Gasteiger partial charge in [0.05, 0.1) is 0 Å². The number of phenolic OH excluding ortho intramolecular Hbond substituents is 1. The quantitative estimate of drug-likeness (QED) is 0.554. The fourth-order valence-corrected chi connectivity index (χ4v) is 2.50. The molecular formula is C18H17N3O3. The van der Waals surface area contributed by atoms with Crippen molar-refractivity contribution in [2.24, 2.45) is 0 Å². The molecule has 3 aromatic rings. The van der Waals surface area contributed by atoms with Crippen molar-refractivity contribution in [3.05, 3.63) is 60.3 Å². The molecule has 0 aliphatic carbocycles. The Hall–Kier alpha value is -3.28. The van der Waals surface area contributed by atoms with E-state index >= 15 is 0 Å². The summed E-state index contributed by atoms with van der Waals surface area (Å²) in [5.41, 5.74) is 2.49. The number of hydrogen-bond donors (Lipinski definition) is 4.